The van der Waals surface area contributed by atoms with Crippen LogP contribution in [0.1, 0.15) is 0 Å². The lowest BCUT2D eigenvalue weighted by Crippen LogP contribution is -2.00. The van der Waals surface area contributed by atoms with Gasteiger partial charge in [-0.2, -0.15) is 0 Å². The maximum atomic E-state index is 6.87. The molecule has 0 aliphatic heterocycles. The zero-order valence-corrected chi connectivity index (χ0v) is 30.2. The molecule has 0 aliphatic carbocycles. The third-order valence-electron chi connectivity index (χ3n) is 10.6. The predicted molar refractivity (Wildman–Crippen MR) is 229 cm³/mol. The average molecular weight is 717 g/mol. The summed E-state index contributed by atoms with van der Waals surface area (Å²) in [7, 11) is 0. The highest BCUT2D eigenvalue weighted by molar-refractivity contribution is 6.13. The highest BCUT2D eigenvalue weighted by Crippen LogP contribution is 2.42. The van der Waals surface area contributed by atoms with E-state index in [4.69, 9.17) is 19.4 Å². The van der Waals surface area contributed by atoms with Gasteiger partial charge in [0.05, 0.1) is 11.0 Å². The summed E-state index contributed by atoms with van der Waals surface area (Å²) in [6.07, 6.45) is 0. The van der Waals surface area contributed by atoms with E-state index in [1.807, 2.05) is 60.7 Å². The number of hydrogen-bond donors (Lipinski definition) is 0. The molecular formula is C51H32N4O. The van der Waals surface area contributed by atoms with Crippen LogP contribution in [-0.2, 0) is 0 Å². The SMILES string of the molecule is c1ccc(-c2ccc3c4ccccc4n(-c4cc(-c5ccccc5)c5oc6cc(-c7nc(-c8ccccc8)nc(-c8ccccc8)n7)ccc6c5c4)c3c2)cc1. The Labute approximate surface area is 322 Å². The maximum absolute atomic E-state index is 6.87. The van der Waals surface area contributed by atoms with E-state index in [1.54, 1.807) is 0 Å². The van der Waals surface area contributed by atoms with Crippen LogP contribution in [0.15, 0.2) is 199 Å². The van der Waals surface area contributed by atoms with Crippen LogP contribution in [0.3, 0.4) is 0 Å². The molecule has 0 unspecified atom stereocenters. The Morgan fingerprint density at radius 1 is 0.339 bits per heavy atom. The van der Waals surface area contributed by atoms with Gasteiger partial charge in [0.25, 0.3) is 0 Å². The van der Waals surface area contributed by atoms with Crippen LogP contribution in [0, 0.1) is 0 Å². The summed E-state index contributed by atoms with van der Waals surface area (Å²) in [5.74, 6) is 1.83. The number of hydrogen-bond acceptors (Lipinski definition) is 4. The summed E-state index contributed by atoms with van der Waals surface area (Å²) >= 11 is 0. The Morgan fingerprint density at radius 2 is 0.857 bits per heavy atom. The van der Waals surface area contributed by atoms with Gasteiger partial charge in [-0.05, 0) is 53.1 Å². The summed E-state index contributed by atoms with van der Waals surface area (Å²) < 4.78 is 9.27. The summed E-state index contributed by atoms with van der Waals surface area (Å²) in [5, 5.41) is 4.49. The van der Waals surface area contributed by atoms with Gasteiger partial charge in [0.2, 0.25) is 0 Å². The van der Waals surface area contributed by atoms with Crippen molar-refractivity contribution in [1.29, 1.82) is 0 Å². The van der Waals surface area contributed by atoms with Crippen molar-refractivity contribution in [2.75, 3.05) is 0 Å². The molecule has 5 nitrogen and oxygen atoms in total. The molecule has 0 saturated carbocycles. The standard InChI is InChI=1S/C51H32N4O/c1-5-15-33(16-6-1)37-25-27-41-40-23-13-14-24-45(40)55(46(41)29-37)39-31-43(34-17-7-2-8-18-34)48-44(32-39)42-28-26-38(30-47(42)56-48)51-53-49(35-19-9-3-10-20-35)52-50(54-51)36-21-11-4-12-22-36/h1-32H. The van der Waals surface area contributed by atoms with Gasteiger partial charge in [0.15, 0.2) is 17.5 Å². The van der Waals surface area contributed by atoms with E-state index in [0.717, 1.165) is 66.5 Å². The quantitative estimate of drug-likeness (QED) is 0.172. The molecule has 262 valence electrons. The molecular weight excluding hydrogens is 685 g/mol. The molecule has 0 fully saturated rings. The van der Waals surface area contributed by atoms with E-state index in [2.05, 4.69) is 138 Å². The van der Waals surface area contributed by atoms with Crippen molar-refractivity contribution >= 4 is 43.7 Å². The topological polar surface area (TPSA) is 56.7 Å². The van der Waals surface area contributed by atoms with Crippen LogP contribution < -0.4 is 0 Å². The van der Waals surface area contributed by atoms with E-state index >= 15 is 0 Å². The van der Waals surface area contributed by atoms with Crippen molar-refractivity contribution in [2.24, 2.45) is 0 Å². The van der Waals surface area contributed by atoms with Crippen molar-refractivity contribution < 1.29 is 4.42 Å². The molecule has 0 amide bonds. The highest BCUT2D eigenvalue weighted by atomic mass is 16.3. The minimum Gasteiger partial charge on any atom is -0.455 e. The van der Waals surface area contributed by atoms with Crippen molar-refractivity contribution in [3.63, 3.8) is 0 Å². The largest absolute Gasteiger partial charge is 0.455 e. The molecule has 0 saturated heterocycles. The van der Waals surface area contributed by atoms with E-state index in [1.165, 1.54) is 21.9 Å². The first-order valence-electron chi connectivity index (χ1n) is 18.8. The molecule has 0 spiro atoms. The van der Waals surface area contributed by atoms with Gasteiger partial charge in [-0.15, -0.1) is 0 Å². The number of benzene rings is 8. The fraction of sp³-hybridized carbons (Fsp3) is 0. The minimum absolute atomic E-state index is 0.587. The predicted octanol–water partition coefficient (Wildman–Crippen LogP) is 13.2. The van der Waals surface area contributed by atoms with E-state index in [0.29, 0.717) is 17.5 Å². The lowest BCUT2D eigenvalue weighted by Gasteiger charge is -2.12. The van der Waals surface area contributed by atoms with Gasteiger partial charge in [0, 0.05) is 49.5 Å². The molecule has 0 atom stereocenters. The number of furan rings is 1. The van der Waals surface area contributed by atoms with E-state index in [9.17, 15) is 0 Å². The van der Waals surface area contributed by atoms with E-state index in [-0.39, 0.29) is 0 Å². The second-order valence-corrected chi connectivity index (χ2v) is 14.0. The zero-order chi connectivity index (χ0) is 37.0. The summed E-state index contributed by atoms with van der Waals surface area (Å²) in [6.45, 7) is 0. The highest BCUT2D eigenvalue weighted by Gasteiger charge is 2.20. The van der Waals surface area contributed by atoms with Crippen LogP contribution in [0.25, 0.3) is 106 Å². The Bertz CT molecular complexity index is 3170. The molecule has 11 rings (SSSR count). The van der Waals surface area contributed by atoms with Gasteiger partial charge >= 0.3 is 0 Å². The molecule has 0 radical (unpaired) electrons. The molecule has 3 heterocycles. The molecule has 5 heteroatoms. The summed E-state index contributed by atoms with van der Waals surface area (Å²) in [4.78, 5) is 14.9. The second-order valence-electron chi connectivity index (χ2n) is 14.0. The van der Waals surface area contributed by atoms with Gasteiger partial charge < -0.3 is 8.98 Å². The Balaban J connectivity index is 1.14. The number of rotatable bonds is 6. The fourth-order valence-electron chi connectivity index (χ4n) is 7.96. The van der Waals surface area contributed by atoms with Crippen molar-refractivity contribution in [1.82, 2.24) is 19.5 Å². The van der Waals surface area contributed by atoms with Gasteiger partial charge in [-0.3, -0.25) is 0 Å². The molecule has 0 N–H and O–H groups in total. The van der Waals surface area contributed by atoms with Gasteiger partial charge in [-0.25, -0.2) is 15.0 Å². The Morgan fingerprint density at radius 3 is 1.52 bits per heavy atom. The first-order chi connectivity index (χ1) is 27.7. The normalized spacial score (nSPS) is 11.6. The maximum Gasteiger partial charge on any atom is 0.164 e. The Kier molecular flexibility index (Phi) is 7.42. The number of aromatic nitrogens is 4. The second kappa shape index (κ2) is 13.0. The van der Waals surface area contributed by atoms with Crippen LogP contribution >= 0.6 is 0 Å². The van der Waals surface area contributed by atoms with Crippen LogP contribution in [0.5, 0.6) is 0 Å². The molecule has 11 aromatic rings. The van der Waals surface area contributed by atoms with Crippen LogP contribution in [0.4, 0.5) is 0 Å². The minimum atomic E-state index is 0.587. The number of fused-ring (bicyclic) bond motifs is 6. The fourth-order valence-corrected chi connectivity index (χ4v) is 7.96. The summed E-state index contributed by atoms with van der Waals surface area (Å²) in [5.41, 5.74) is 12.2. The van der Waals surface area contributed by atoms with Crippen molar-refractivity contribution in [3.8, 4) is 62.1 Å². The number of para-hydroxylation sites is 1. The van der Waals surface area contributed by atoms with Crippen LogP contribution in [0.2, 0.25) is 0 Å². The number of nitrogens with zero attached hydrogens (tertiary/aromatic N) is 4. The zero-order valence-electron chi connectivity index (χ0n) is 30.2. The lowest BCUT2D eigenvalue weighted by atomic mass is 10.0. The molecule has 56 heavy (non-hydrogen) atoms. The van der Waals surface area contributed by atoms with E-state index < -0.39 is 0 Å². The van der Waals surface area contributed by atoms with Gasteiger partial charge in [0.1, 0.15) is 11.2 Å². The average Bonchev–Trinajstić information content (AvgIpc) is 3.82. The molecule has 0 aliphatic rings. The molecule has 0 bridgehead atoms. The van der Waals surface area contributed by atoms with Crippen molar-refractivity contribution in [3.05, 3.63) is 194 Å². The first kappa shape index (κ1) is 31.9. The monoisotopic (exact) mass is 716 g/mol. The molecule has 8 aromatic carbocycles. The third kappa shape index (κ3) is 5.37. The third-order valence-corrected chi connectivity index (χ3v) is 10.6. The smallest absolute Gasteiger partial charge is 0.164 e. The lowest BCUT2D eigenvalue weighted by molar-refractivity contribution is 0.670. The Hall–Kier alpha value is -7.63. The van der Waals surface area contributed by atoms with Gasteiger partial charge in [-0.1, -0.05) is 158 Å². The van der Waals surface area contributed by atoms with Crippen LogP contribution in [-0.4, -0.2) is 19.5 Å². The molecule has 3 aromatic heterocycles. The first-order valence-corrected chi connectivity index (χ1v) is 18.8. The summed E-state index contributed by atoms with van der Waals surface area (Å²) in [6, 6.07) is 67.5. The van der Waals surface area contributed by atoms with Crippen molar-refractivity contribution in [2.45, 2.75) is 0 Å².